The maximum absolute atomic E-state index is 12.3. The van der Waals surface area contributed by atoms with E-state index >= 15 is 0 Å². The number of nitrogens with zero attached hydrogens (tertiary/aromatic N) is 1. The fourth-order valence-electron chi connectivity index (χ4n) is 2.69. The summed E-state index contributed by atoms with van der Waals surface area (Å²) >= 11 is 7.26. The molecule has 1 N–H and O–H groups in total. The predicted molar refractivity (Wildman–Crippen MR) is 98.2 cm³/mol. The van der Waals surface area contributed by atoms with Gasteiger partial charge in [0, 0.05) is 23.6 Å². The zero-order chi connectivity index (χ0) is 17.2. The summed E-state index contributed by atoms with van der Waals surface area (Å²) in [5.74, 6) is 0.967. The number of Topliss-reactive ketones (excluding diaryl/α,β-unsaturated/α-hetero) is 1. The first-order valence-corrected chi connectivity index (χ1v) is 9.42. The molecule has 130 valence electrons. The Morgan fingerprint density at radius 2 is 2.39 bits per heavy atom. The highest BCUT2D eigenvalue weighted by molar-refractivity contribution is 7.99. The van der Waals surface area contributed by atoms with Crippen LogP contribution in [0, 0.1) is 11.8 Å². The molecule has 0 heterocycles. The van der Waals surface area contributed by atoms with E-state index in [0.29, 0.717) is 23.8 Å². The monoisotopic (exact) mass is 359 g/mol. The van der Waals surface area contributed by atoms with E-state index < -0.39 is 5.92 Å². The van der Waals surface area contributed by atoms with E-state index in [4.69, 9.17) is 16.4 Å². The van der Waals surface area contributed by atoms with Gasteiger partial charge in [-0.1, -0.05) is 30.6 Å². The second-order valence-electron chi connectivity index (χ2n) is 5.76. The lowest BCUT2D eigenvalue weighted by atomic mass is 9.81. The molecule has 0 amide bonds. The summed E-state index contributed by atoms with van der Waals surface area (Å²) in [4.78, 5) is 17.4. The Kier molecular flexibility index (Phi) is 9.41. The highest BCUT2D eigenvalue weighted by atomic mass is 35.5. The van der Waals surface area contributed by atoms with Crippen molar-refractivity contribution in [2.24, 2.45) is 17.0 Å². The minimum Gasteiger partial charge on any atom is -0.512 e. The van der Waals surface area contributed by atoms with Crippen LogP contribution in [0.5, 0.6) is 0 Å². The molecule has 0 radical (unpaired) electrons. The van der Waals surface area contributed by atoms with E-state index in [2.05, 4.69) is 19.0 Å². The van der Waals surface area contributed by atoms with Gasteiger partial charge in [-0.25, -0.2) is 0 Å². The molecule has 1 aliphatic carbocycles. The smallest absolute Gasteiger partial charge is 0.144 e. The van der Waals surface area contributed by atoms with Crippen LogP contribution in [0.4, 0.5) is 0 Å². The van der Waals surface area contributed by atoms with Gasteiger partial charge in [0.2, 0.25) is 0 Å². The van der Waals surface area contributed by atoms with Crippen molar-refractivity contribution in [3.8, 4) is 0 Å². The van der Waals surface area contributed by atoms with E-state index in [1.54, 1.807) is 13.0 Å². The van der Waals surface area contributed by atoms with E-state index in [0.717, 1.165) is 12.2 Å². The first-order chi connectivity index (χ1) is 11.0. The molecule has 0 aromatic rings. The number of hydrogen-bond donors (Lipinski definition) is 1. The first-order valence-electron chi connectivity index (χ1n) is 7.93. The van der Waals surface area contributed by atoms with Gasteiger partial charge in [-0.05, 0) is 37.2 Å². The Morgan fingerprint density at radius 1 is 1.65 bits per heavy atom. The van der Waals surface area contributed by atoms with Crippen LogP contribution in [0.1, 0.15) is 40.0 Å². The topological polar surface area (TPSA) is 58.9 Å². The quantitative estimate of drug-likeness (QED) is 0.368. The molecule has 0 saturated carbocycles. The molecule has 0 spiro atoms. The third kappa shape index (κ3) is 7.44. The Bertz CT molecular complexity index is 476. The maximum atomic E-state index is 12.3. The van der Waals surface area contributed by atoms with Crippen LogP contribution >= 0.6 is 23.4 Å². The zero-order valence-electron chi connectivity index (χ0n) is 14.0. The number of aliphatic hydroxyl groups excluding tert-OH is 1. The summed E-state index contributed by atoms with van der Waals surface area (Å²) in [6, 6.07) is 0. The Morgan fingerprint density at radius 3 is 3.00 bits per heavy atom. The van der Waals surface area contributed by atoms with Crippen LogP contribution in [-0.2, 0) is 9.63 Å². The second kappa shape index (κ2) is 10.8. The summed E-state index contributed by atoms with van der Waals surface area (Å²) in [7, 11) is 0. The van der Waals surface area contributed by atoms with E-state index in [-0.39, 0.29) is 24.1 Å². The van der Waals surface area contributed by atoms with Crippen molar-refractivity contribution in [3.05, 3.63) is 23.4 Å². The van der Waals surface area contributed by atoms with Crippen LogP contribution in [0.15, 0.2) is 28.6 Å². The second-order valence-corrected chi connectivity index (χ2v) is 7.73. The van der Waals surface area contributed by atoms with Crippen molar-refractivity contribution < 1.29 is 14.7 Å². The highest BCUT2D eigenvalue weighted by Crippen LogP contribution is 2.31. The number of thioether (sulfide) groups is 1. The van der Waals surface area contributed by atoms with Crippen LogP contribution in [-0.4, -0.2) is 34.2 Å². The standard InChI is InChI=1S/C17H26ClNO3S/c1-4-23-13(3)9-14-10-16(20)15(17(21)11-14)8-12(2)19-22-7-5-6-18/h5-6,10,13-15,20H,4,7-9,11H2,1-3H3. The fourth-order valence-corrected chi connectivity index (χ4v) is 3.72. The number of aliphatic hydroxyl groups is 1. The van der Waals surface area contributed by atoms with Gasteiger partial charge >= 0.3 is 0 Å². The number of halogens is 1. The number of carbonyl (C=O) groups excluding carboxylic acids is 1. The molecule has 0 aromatic carbocycles. The Hall–Kier alpha value is -0.940. The van der Waals surface area contributed by atoms with Gasteiger partial charge in [0.15, 0.2) is 0 Å². The molecule has 3 atom stereocenters. The highest BCUT2D eigenvalue weighted by Gasteiger charge is 2.31. The average molecular weight is 360 g/mol. The van der Waals surface area contributed by atoms with Crippen molar-refractivity contribution in [3.63, 3.8) is 0 Å². The average Bonchev–Trinajstić information content (AvgIpc) is 2.47. The maximum Gasteiger partial charge on any atom is 0.144 e. The third-order valence-electron chi connectivity index (χ3n) is 3.68. The first kappa shape index (κ1) is 20.1. The van der Waals surface area contributed by atoms with Crippen molar-refractivity contribution >= 4 is 34.9 Å². The van der Waals surface area contributed by atoms with Crippen LogP contribution < -0.4 is 0 Å². The van der Waals surface area contributed by atoms with Crippen LogP contribution in [0.3, 0.4) is 0 Å². The Balaban J connectivity index is 2.59. The molecule has 1 aliphatic rings. The van der Waals surface area contributed by atoms with Gasteiger partial charge in [-0.3, -0.25) is 4.79 Å². The summed E-state index contributed by atoms with van der Waals surface area (Å²) in [6.07, 6.45) is 5.27. The number of hydrogen-bond acceptors (Lipinski definition) is 5. The molecule has 0 aromatic heterocycles. The minimum atomic E-state index is -0.490. The largest absolute Gasteiger partial charge is 0.512 e. The summed E-state index contributed by atoms with van der Waals surface area (Å²) in [5, 5.41) is 14.6. The van der Waals surface area contributed by atoms with Gasteiger partial charge in [0.05, 0.1) is 17.4 Å². The number of oxime groups is 1. The molecule has 0 bridgehead atoms. The fraction of sp³-hybridized carbons (Fsp3) is 0.647. The normalized spacial score (nSPS) is 23.9. The lowest BCUT2D eigenvalue weighted by molar-refractivity contribution is -0.123. The molecule has 3 unspecified atom stereocenters. The molecule has 23 heavy (non-hydrogen) atoms. The minimum absolute atomic E-state index is 0.0823. The van der Waals surface area contributed by atoms with Gasteiger partial charge < -0.3 is 9.94 Å². The molecule has 0 fully saturated rings. The van der Waals surface area contributed by atoms with Crippen LogP contribution in [0.25, 0.3) is 0 Å². The van der Waals surface area contributed by atoms with Crippen LogP contribution in [0.2, 0.25) is 0 Å². The molecule has 6 heteroatoms. The summed E-state index contributed by atoms with van der Waals surface area (Å²) < 4.78 is 0. The predicted octanol–water partition coefficient (Wildman–Crippen LogP) is 4.70. The van der Waals surface area contributed by atoms with Gasteiger partial charge in [-0.2, -0.15) is 11.8 Å². The summed E-state index contributed by atoms with van der Waals surface area (Å²) in [6.45, 7) is 6.37. The Labute approximate surface area is 148 Å². The third-order valence-corrected chi connectivity index (χ3v) is 4.95. The zero-order valence-corrected chi connectivity index (χ0v) is 15.6. The van der Waals surface area contributed by atoms with Crippen molar-refractivity contribution in [2.45, 2.75) is 45.3 Å². The number of allylic oxidation sites excluding steroid dienone is 2. The number of ketones is 1. The molecule has 0 saturated heterocycles. The van der Waals surface area contributed by atoms with Crippen molar-refractivity contribution in [1.29, 1.82) is 0 Å². The van der Waals surface area contributed by atoms with Crippen molar-refractivity contribution in [2.75, 3.05) is 12.4 Å². The molecule has 1 rings (SSSR count). The number of rotatable bonds is 9. The van der Waals surface area contributed by atoms with E-state index in [1.807, 2.05) is 17.8 Å². The lowest BCUT2D eigenvalue weighted by Gasteiger charge is -2.26. The lowest BCUT2D eigenvalue weighted by Crippen LogP contribution is -2.27. The SMILES string of the molecule is CCSC(C)CC1C=C(O)C(CC(C)=NOCC=CCl)C(=O)C1. The molecular formula is C17H26ClNO3S. The van der Waals surface area contributed by atoms with E-state index in [9.17, 15) is 9.90 Å². The van der Waals surface area contributed by atoms with Gasteiger partial charge in [0.1, 0.15) is 12.4 Å². The summed E-state index contributed by atoms with van der Waals surface area (Å²) in [5.41, 5.74) is 2.04. The molecule has 4 nitrogen and oxygen atoms in total. The van der Waals surface area contributed by atoms with Crippen molar-refractivity contribution in [1.82, 2.24) is 0 Å². The number of carbonyl (C=O) groups is 1. The van der Waals surface area contributed by atoms with Gasteiger partial charge in [0.25, 0.3) is 0 Å². The van der Waals surface area contributed by atoms with Gasteiger partial charge in [-0.15, -0.1) is 0 Å². The molecule has 0 aliphatic heterocycles. The van der Waals surface area contributed by atoms with E-state index in [1.165, 1.54) is 5.54 Å². The molecular weight excluding hydrogens is 334 g/mol.